The molecule has 4 rings (SSSR count). The topological polar surface area (TPSA) is 76.1 Å². The quantitative estimate of drug-likeness (QED) is 0.318. The SMILES string of the molecule is CC(C)(C)OC(=O)COc1cccc2c1CCCC2N(c1ccc(-c2ccccc2)cc1)S(=O)O. The van der Waals surface area contributed by atoms with Gasteiger partial charge in [0.2, 0.25) is 0 Å². The van der Waals surface area contributed by atoms with Crippen molar-refractivity contribution < 1.29 is 23.0 Å². The average molecular weight is 494 g/mol. The second-order valence-electron chi connectivity index (χ2n) is 9.58. The Morgan fingerprint density at radius 1 is 1.00 bits per heavy atom. The summed E-state index contributed by atoms with van der Waals surface area (Å²) in [7, 11) is 0. The molecule has 1 aliphatic rings. The molecule has 0 radical (unpaired) electrons. The summed E-state index contributed by atoms with van der Waals surface area (Å²) >= 11 is -2.22. The Balaban J connectivity index is 1.59. The zero-order chi connectivity index (χ0) is 25.0. The van der Waals surface area contributed by atoms with Gasteiger partial charge in [-0.15, -0.1) is 0 Å². The highest BCUT2D eigenvalue weighted by molar-refractivity contribution is 7.80. The number of fused-ring (bicyclic) bond motifs is 1. The number of carbonyl (C=O) groups is 1. The van der Waals surface area contributed by atoms with E-state index in [1.165, 1.54) is 0 Å². The van der Waals surface area contributed by atoms with Gasteiger partial charge in [0.25, 0.3) is 11.3 Å². The van der Waals surface area contributed by atoms with Crippen LogP contribution in [0.1, 0.15) is 50.8 Å². The lowest BCUT2D eigenvalue weighted by Crippen LogP contribution is -2.33. The van der Waals surface area contributed by atoms with E-state index in [1.807, 2.05) is 93.6 Å². The lowest BCUT2D eigenvalue weighted by Gasteiger charge is -2.35. The van der Waals surface area contributed by atoms with Crippen molar-refractivity contribution in [2.45, 2.75) is 51.7 Å². The van der Waals surface area contributed by atoms with Crippen LogP contribution >= 0.6 is 0 Å². The lowest BCUT2D eigenvalue weighted by molar-refractivity contribution is -0.157. The lowest BCUT2D eigenvalue weighted by atomic mass is 9.87. The molecule has 0 aliphatic heterocycles. The predicted molar refractivity (Wildman–Crippen MR) is 139 cm³/mol. The fourth-order valence-corrected chi connectivity index (χ4v) is 5.23. The highest BCUT2D eigenvalue weighted by Gasteiger charge is 2.31. The van der Waals surface area contributed by atoms with Crippen molar-refractivity contribution >= 4 is 22.9 Å². The van der Waals surface area contributed by atoms with Gasteiger partial charge in [0.15, 0.2) is 6.61 Å². The van der Waals surface area contributed by atoms with E-state index in [2.05, 4.69) is 0 Å². The molecule has 1 aliphatic carbocycles. The van der Waals surface area contributed by atoms with Crippen LogP contribution in [-0.4, -0.2) is 26.9 Å². The molecule has 0 heterocycles. The number of esters is 1. The molecule has 0 aromatic heterocycles. The molecule has 0 spiro atoms. The number of ether oxygens (including phenoxy) is 2. The van der Waals surface area contributed by atoms with Crippen LogP contribution in [0.3, 0.4) is 0 Å². The third-order valence-corrected chi connectivity index (χ3v) is 6.68. The Morgan fingerprint density at radius 2 is 1.69 bits per heavy atom. The summed E-state index contributed by atoms with van der Waals surface area (Å²) in [5.74, 6) is 0.181. The maximum absolute atomic E-state index is 12.5. The van der Waals surface area contributed by atoms with Gasteiger partial charge in [0.05, 0.1) is 11.7 Å². The van der Waals surface area contributed by atoms with E-state index in [9.17, 15) is 13.6 Å². The fraction of sp³-hybridized carbons (Fsp3) is 0.321. The molecule has 6 nitrogen and oxygen atoms in total. The number of benzene rings is 3. The molecule has 2 atom stereocenters. The van der Waals surface area contributed by atoms with E-state index in [0.29, 0.717) is 11.4 Å². The standard InChI is InChI=1S/C28H31NO5S/c1-28(2,3)34-27(30)19-33-26-14-8-11-23-24(26)12-7-13-25(23)29(35(31)32)22-17-15-21(16-18-22)20-9-5-4-6-10-20/h4-6,8-11,14-18,25H,7,12-13,19H2,1-3H3,(H,31,32). The molecule has 3 aromatic carbocycles. The van der Waals surface area contributed by atoms with Crippen molar-refractivity contribution in [2.24, 2.45) is 0 Å². The van der Waals surface area contributed by atoms with E-state index < -0.39 is 22.8 Å². The van der Waals surface area contributed by atoms with Gasteiger partial charge in [0.1, 0.15) is 11.4 Å². The predicted octanol–water partition coefficient (Wildman–Crippen LogP) is 6.09. The number of carbonyl (C=O) groups excluding carboxylic acids is 1. The summed E-state index contributed by atoms with van der Waals surface area (Å²) in [5.41, 5.74) is 4.12. The number of hydrogen-bond acceptors (Lipinski definition) is 4. The Bertz CT molecular complexity index is 1190. The van der Waals surface area contributed by atoms with E-state index in [4.69, 9.17) is 9.47 Å². The Labute approximate surface area is 209 Å². The average Bonchev–Trinajstić information content (AvgIpc) is 2.83. The second-order valence-corrected chi connectivity index (χ2v) is 10.4. The van der Waals surface area contributed by atoms with Crippen molar-refractivity contribution in [1.29, 1.82) is 0 Å². The van der Waals surface area contributed by atoms with Gasteiger partial charge in [-0.05, 0) is 80.5 Å². The van der Waals surface area contributed by atoms with Gasteiger partial charge in [-0.25, -0.2) is 9.00 Å². The first-order valence-corrected chi connectivity index (χ1v) is 12.8. The molecule has 0 amide bonds. The van der Waals surface area contributed by atoms with Crippen LogP contribution in [0.5, 0.6) is 5.75 Å². The molecular weight excluding hydrogens is 462 g/mol. The summed E-state index contributed by atoms with van der Waals surface area (Å²) in [4.78, 5) is 12.1. The molecule has 0 fully saturated rings. The van der Waals surface area contributed by atoms with Crippen molar-refractivity contribution in [1.82, 2.24) is 0 Å². The maximum Gasteiger partial charge on any atom is 0.344 e. The Kier molecular flexibility index (Phi) is 7.57. The fourth-order valence-electron chi connectivity index (χ4n) is 4.49. The minimum Gasteiger partial charge on any atom is -0.482 e. The highest BCUT2D eigenvalue weighted by Crippen LogP contribution is 2.41. The van der Waals surface area contributed by atoms with Crippen LogP contribution < -0.4 is 9.04 Å². The molecule has 0 bridgehead atoms. The molecule has 1 N–H and O–H groups in total. The number of nitrogens with zero attached hydrogens (tertiary/aromatic N) is 1. The smallest absolute Gasteiger partial charge is 0.344 e. The molecule has 0 saturated carbocycles. The van der Waals surface area contributed by atoms with Crippen LogP contribution in [0.2, 0.25) is 0 Å². The summed E-state index contributed by atoms with van der Waals surface area (Å²) in [6, 6.07) is 23.1. The van der Waals surface area contributed by atoms with E-state index >= 15 is 0 Å². The van der Waals surface area contributed by atoms with E-state index in [-0.39, 0.29) is 12.6 Å². The molecular formula is C28H31NO5S. The maximum atomic E-state index is 12.5. The first kappa shape index (κ1) is 24.9. The Hall–Kier alpha value is -3.16. The second kappa shape index (κ2) is 10.6. The van der Waals surface area contributed by atoms with Gasteiger partial charge in [-0.1, -0.05) is 54.6 Å². The van der Waals surface area contributed by atoms with Crippen molar-refractivity contribution in [3.05, 3.63) is 83.9 Å². The Morgan fingerprint density at radius 3 is 2.34 bits per heavy atom. The van der Waals surface area contributed by atoms with Crippen LogP contribution in [0.4, 0.5) is 5.69 Å². The molecule has 184 valence electrons. The summed E-state index contributed by atoms with van der Waals surface area (Å²) in [6.45, 7) is 5.26. The summed E-state index contributed by atoms with van der Waals surface area (Å²) in [5, 5.41) is 0. The van der Waals surface area contributed by atoms with Gasteiger partial charge in [0, 0.05) is 0 Å². The number of hydrogen-bond donors (Lipinski definition) is 1. The summed E-state index contributed by atoms with van der Waals surface area (Å²) < 4.78 is 35.6. The normalized spacial score (nSPS) is 16.2. The van der Waals surface area contributed by atoms with Crippen LogP contribution in [0.25, 0.3) is 11.1 Å². The minimum absolute atomic E-state index is 0.186. The van der Waals surface area contributed by atoms with Crippen LogP contribution in [0, 0.1) is 0 Å². The highest BCUT2D eigenvalue weighted by atomic mass is 32.2. The molecule has 35 heavy (non-hydrogen) atoms. The third kappa shape index (κ3) is 6.10. The first-order valence-electron chi connectivity index (χ1n) is 11.7. The minimum atomic E-state index is -2.22. The van der Waals surface area contributed by atoms with Gasteiger partial charge in [-0.3, -0.25) is 8.86 Å². The molecule has 0 saturated heterocycles. The van der Waals surface area contributed by atoms with Crippen LogP contribution in [0.15, 0.2) is 72.8 Å². The largest absolute Gasteiger partial charge is 0.482 e. The van der Waals surface area contributed by atoms with Crippen molar-refractivity contribution in [3.63, 3.8) is 0 Å². The molecule has 7 heteroatoms. The zero-order valence-electron chi connectivity index (χ0n) is 20.3. The third-order valence-electron chi connectivity index (χ3n) is 5.88. The number of rotatable bonds is 7. The van der Waals surface area contributed by atoms with Gasteiger partial charge < -0.3 is 9.47 Å². The zero-order valence-corrected chi connectivity index (χ0v) is 21.1. The van der Waals surface area contributed by atoms with E-state index in [0.717, 1.165) is 41.5 Å². The van der Waals surface area contributed by atoms with Crippen molar-refractivity contribution in [2.75, 3.05) is 10.9 Å². The monoisotopic (exact) mass is 493 g/mol. The summed E-state index contributed by atoms with van der Waals surface area (Å²) in [6.07, 6.45) is 2.34. The number of anilines is 1. The van der Waals surface area contributed by atoms with Gasteiger partial charge >= 0.3 is 5.97 Å². The van der Waals surface area contributed by atoms with E-state index in [1.54, 1.807) is 4.31 Å². The van der Waals surface area contributed by atoms with Crippen molar-refractivity contribution in [3.8, 4) is 16.9 Å². The van der Waals surface area contributed by atoms with Gasteiger partial charge in [-0.2, -0.15) is 0 Å². The molecule has 2 unspecified atom stereocenters. The first-order chi connectivity index (χ1) is 16.7. The van der Waals surface area contributed by atoms with Crippen LogP contribution in [-0.2, 0) is 27.2 Å². The molecule has 3 aromatic rings.